The first-order valence-electron chi connectivity index (χ1n) is 9.24. The van der Waals surface area contributed by atoms with Crippen molar-refractivity contribution in [3.8, 4) is 0 Å². The average molecular weight is 355 g/mol. The van der Waals surface area contributed by atoms with Crippen LogP contribution in [-0.2, 0) is 4.74 Å². The molecule has 2 aromatic rings. The summed E-state index contributed by atoms with van der Waals surface area (Å²) in [5, 5.41) is 0. The topological polar surface area (TPSA) is 58.8 Å². The number of piperidine rings is 1. The van der Waals surface area contributed by atoms with Crippen LogP contribution < -0.4 is 4.90 Å². The van der Waals surface area contributed by atoms with Gasteiger partial charge in [0.25, 0.3) is 5.91 Å². The van der Waals surface area contributed by atoms with E-state index >= 15 is 0 Å². The fraction of sp³-hybridized carbons (Fsp3) is 0.500. The normalized spacial score (nSPS) is 23.9. The van der Waals surface area contributed by atoms with Crippen LogP contribution >= 0.6 is 0 Å². The Morgan fingerprint density at radius 3 is 2.92 bits per heavy atom. The molecule has 26 heavy (non-hydrogen) atoms. The van der Waals surface area contributed by atoms with Gasteiger partial charge >= 0.3 is 0 Å². The molecule has 4 heterocycles. The molecule has 0 unspecified atom stereocenters. The van der Waals surface area contributed by atoms with E-state index in [4.69, 9.17) is 9.15 Å². The third-order valence-electron chi connectivity index (χ3n) is 5.35. The minimum Gasteiger partial charge on any atom is -0.456 e. The smallest absolute Gasteiger partial charge is 0.289 e. The molecule has 2 aromatic heterocycles. The van der Waals surface area contributed by atoms with Crippen LogP contribution in [0.2, 0.25) is 0 Å². The first-order valence-corrected chi connectivity index (χ1v) is 9.24. The van der Waals surface area contributed by atoms with Crippen LogP contribution in [0.25, 0.3) is 0 Å². The van der Waals surface area contributed by atoms with Gasteiger partial charge in [0, 0.05) is 37.8 Å². The SMILES string of the molecule is Cc1ccc(C(=O)N2CCC[C@@]3(COCCN(c4cccnc4)C3)C2)o1. The summed E-state index contributed by atoms with van der Waals surface area (Å²) in [5.41, 5.74) is 1.06. The van der Waals surface area contributed by atoms with Crippen molar-refractivity contribution in [2.24, 2.45) is 5.41 Å². The lowest BCUT2D eigenvalue weighted by atomic mass is 9.80. The zero-order valence-electron chi connectivity index (χ0n) is 15.2. The highest BCUT2D eigenvalue weighted by Crippen LogP contribution is 2.35. The van der Waals surface area contributed by atoms with E-state index in [0.717, 1.165) is 43.9 Å². The molecule has 2 fully saturated rings. The molecule has 1 atom stereocenters. The van der Waals surface area contributed by atoms with Crippen molar-refractivity contribution in [2.75, 3.05) is 44.3 Å². The summed E-state index contributed by atoms with van der Waals surface area (Å²) in [6, 6.07) is 7.66. The standard InChI is InChI=1S/C20H25N3O3/c1-16-5-6-18(26-16)19(24)23-9-3-7-20(14-23)13-22(10-11-25-15-20)17-4-2-8-21-12-17/h2,4-6,8,12H,3,7,9-11,13-15H2,1H3/t20-/m0/s1. The Bertz CT molecular complexity index is 761. The number of amides is 1. The Labute approximate surface area is 153 Å². The molecule has 2 saturated heterocycles. The van der Waals surface area contributed by atoms with Gasteiger partial charge in [0.2, 0.25) is 0 Å². The number of likely N-dealkylation sites (tertiary alicyclic amines) is 1. The summed E-state index contributed by atoms with van der Waals surface area (Å²) in [6.45, 7) is 6.43. The Balaban J connectivity index is 1.53. The number of ether oxygens (including phenoxy) is 1. The highest BCUT2D eigenvalue weighted by atomic mass is 16.5. The van der Waals surface area contributed by atoms with E-state index in [9.17, 15) is 4.79 Å². The van der Waals surface area contributed by atoms with E-state index in [1.54, 1.807) is 12.3 Å². The number of carbonyl (C=O) groups excluding carboxylic acids is 1. The quantitative estimate of drug-likeness (QED) is 0.829. The van der Waals surface area contributed by atoms with Crippen molar-refractivity contribution < 1.29 is 13.9 Å². The summed E-state index contributed by atoms with van der Waals surface area (Å²) < 4.78 is 11.5. The second-order valence-electron chi connectivity index (χ2n) is 7.43. The maximum Gasteiger partial charge on any atom is 0.289 e. The van der Waals surface area contributed by atoms with Crippen molar-refractivity contribution in [2.45, 2.75) is 19.8 Å². The van der Waals surface area contributed by atoms with Gasteiger partial charge in [0.1, 0.15) is 5.76 Å². The largest absolute Gasteiger partial charge is 0.456 e. The summed E-state index contributed by atoms with van der Waals surface area (Å²) >= 11 is 0. The average Bonchev–Trinajstić information content (AvgIpc) is 3.00. The molecule has 1 spiro atoms. The Morgan fingerprint density at radius 2 is 2.15 bits per heavy atom. The number of furan rings is 1. The predicted molar refractivity (Wildman–Crippen MR) is 98.3 cm³/mol. The lowest BCUT2D eigenvalue weighted by Crippen LogP contribution is -2.52. The monoisotopic (exact) mass is 355 g/mol. The molecule has 2 aliphatic rings. The first-order chi connectivity index (χ1) is 12.7. The van der Waals surface area contributed by atoms with Gasteiger partial charge in [0.05, 0.1) is 25.1 Å². The summed E-state index contributed by atoms with van der Waals surface area (Å²) in [4.78, 5) is 21.4. The van der Waals surface area contributed by atoms with E-state index in [0.29, 0.717) is 25.5 Å². The van der Waals surface area contributed by atoms with E-state index < -0.39 is 0 Å². The lowest BCUT2D eigenvalue weighted by molar-refractivity contribution is 0.0122. The van der Waals surface area contributed by atoms with E-state index in [-0.39, 0.29) is 11.3 Å². The number of aryl methyl sites for hydroxylation is 1. The van der Waals surface area contributed by atoms with Gasteiger partial charge in [-0.15, -0.1) is 0 Å². The highest BCUT2D eigenvalue weighted by Gasteiger charge is 2.41. The molecular weight excluding hydrogens is 330 g/mol. The highest BCUT2D eigenvalue weighted by molar-refractivity contribution is 5.91. The number of hydrogen-bond donors (Lipinski definition) is 0. The van der Waals surface area contributed by atoms with Crippen molar-refractivity contribution in [3.05, 3.63) is 48.2 Å². The fourth-order valence-electron chi connectivity index (χ4n) is 4.09. The van der Waals surface area contributed by atoms with E-state index in [2.05, 4.69) is 16.0 Å². The molecular formula is C20H25N3O3. The van der Waals surface area contributed by atoms with E-state index in [1.807, 2.05) is 30.2 Å². The van der Waals surface area contributed by atoms with Gasteiger partial charge in [-0.25, -0.2) is 0 Å². The Kier molecular flexibility index (Phi) is 4.68. The number of pyridine rings is 1. The Hall–Kier alpha value is -2.34. The molecule has 6 nitrogen and oxygen atoms in total. The summed E-state index contributed by atoms with van der Waals surface area (Å²) in [7, 11) is 0. The van der Waals surface area contributed by atoms with Crippen molar-refractivity contribution in [1.82, 2.24) is 9.88 Å². The number of nitrogens with zero attached hydrogens (tertiary/aromatic N) is 3. The predicted octanol–water partition coefficient (Wildman–Crippen LogP) is 2.74. The van der Waals surface area contributed by atoms with E-state index in [1.165, 1.54) is 0 Å². The van der Waals surface area contributed by atoms with Gasteiger partial charge in [-0.3, -0.25) is 9.78 Å². The summed E-state index contributed by atoms with van der Waals surface area (Å²) in [6.07, 6.45) is 5.73. The molecule has 1 amide bonds. The number of carbonyl (C=O) groups is 1. The van der Waals surface area contributed by atoms with Crippen LogP contribution in [0.15, 0.2) is 41.1 Å². The zero-order chi connectivity index (χ0) is 18.0. The zero-order valence-corrected chi connectivity index (χ0v) is 15.2. The maximum absolute atomic E-state index is 12.8. The van der Waals surface area contributed by atoms with Crippen LogP contribution in [0.1, 0.15) is 29.2 Å². The first kappa shape index (κ1) is 17.1. The molecule has 0 bridgehead atoms. The second kappa shape index (κ2) is 7.11. The molecule has 0 N–H and O–H groups in total. The molecule has 2 aliphatic heterocycles. The van der Waals surface area contributed by atoms with Crippen LogP contribution in [0.4, 0.5) is 5.69 Å². The van der Waals surface area contributed by atoms with Gasteiger partial charge in [-0.05, 0) is 44.0 Å². The third kappa shape index (κ3) is 3.46. The minimum absolute atomic E-state index is 0.0191. The van der Waals surface area contributed by atoms with Gasteiger partial charge < -0.3 is 19.0 Å². The summed E-state index contributed by atoms with van der Waals surface area (Å²) in [5.74, 6) is 1.17. The third-order valence-corrected chi connectivity index (χ3v) is 5.35. The van der Waals surface area contributed by atoms with Crippen LogP contribution in [-0.4, -0.2) is 55.2 Å². The number of anilines is 1. The van der Waals surface area contributed by atoms with Gasteiger partial charge in [-0.2, -0.15) is 0 Å². The number of rotatable bonds is 2. The van der Waals surface area contributed by atoms with Crippen molar-refractivity contribution >= 4 is 11.6 Å². The molecule has 0 radical (unpaired) electrons. The Morgan fingerprint density at radius 1 is 1.23 bits per heavy atom. The van der Waals surface area contributed by atoms with Crippen LogP contribution in [0.3, 0.4) is 0 Å². The molecule has 0 saturated carbocycles. The molecule has 0 aliphatic carbocycles. The van der Waals surface area contributed by atoms with Crippen LogP contribution in [0.5, 0.6) is 0 Å². The van der Waals surface area contributed by atoms with Crippen LogP contribution in [0, 0.1) is 12.3 Å². The van der Waals surface area contributed by atoms with Crippen molar-refractivity contribution in [1.29, 1.82) is 0 Å². The number of aromatic nitrogens is 1. The van der Waals surface area contributed by atoms with Gasteiger partial charge in [-0.1, -0.05) is 0 Å². The molecule has 0 aromatic carbocycles. The number of hydrogen-bond acceptors (Lipinski definition) is 5. The van der Waals surface area contributed by atoms with Gasteiger partial charge in [0.15, 0.2) is 5.76 Å². The minimum atomic E-state index is -0.0537. The maximum atomic E-state index is 12.8. The molecule has 4 rings (SSSR count). The molecule has 6 heteroatoms. The molecule has 138 valence electrons. The van der Waals surface area contributed by atoms with Crippen molar-refractivity contribution in [3.63, 3.8) is 0 Å². The lowest BCUT2D eigenvalue weighted by Gasteiger charge is -2.43. The fourth-order valence-corrected chi connectivity index (χ4v) is 4.09. The second-order valence-corrected chi connectivity index (χ2v) is 7.43.